The van der Waals surface area contributed by atoms with Crippen LogP contribution < -0.4 is 4.74 Å². The molecule has 3 nitrogen and oxygen atoms in total. The quantitative estimate of drug-likeness (QED) is 0.398. The zero-order valence-corrected chi connectivity index (χ0v) is 16.6. The molecule has 4 heteroatoms. The minimum Gasteiger partial charge on any atom is -0.491 e. The van der Waals surface area contributed by atoms with Gasteiger partial charge in [-0.25, -0.2) is 0 Å². The minimum atomic E-state index is 0.229. The number of aromatic nitrogens is 2. The van der Waals surface area contributed by atoms with E-state index in [4.69, 9.17) is 4.74 Å². The van der Waals surface area contributed by atoms with Gasteiger partial charge in [-0.2, -0.15) is 0 Å². The van der Waals surface area contributed by atoms with E-state index in [0.717, 1.165) is 11.3 Å². The summed E-state index contributed by atoms with van der Waals surface area (Å²) in [5.41, 5.74) is 2.35. The van der Waals surface area contributed by atoms with Gasteiger partial charge in [0.15, 0.2) is 0 Å². The second kappa shape index (κ2) is 8.37. The summed E-state index contributed by atoms with van der Waals surface area (Å²) in [6, 6.07) is 16.8. The van der Waals surface area contributed by atoms with E-state index < -0.39 is 0 Å². The summed E-state index contributed by atoms with van der Waals surface area (Å²) in [4.78, 5) is 7.71. The van der Waals surface area contributed by atoms with Gasteiger partial charge >= 0.3 is 0 Å². The number of hydrogen-bond donors (Lipinski definition) is 2. The summed E-state index contributed by atoms with van der Waals surface area (Å²) in [7, 11) is 0. The Bertz CT molecular complexity index is 888. The third-order valence-corrected chi connectivity index (χ3v) is 4.79. The van der Waals surface area contributed by atoms with Crippen LogP contribution in [0.1, 0.15) is 27.7 Å². The van der Waals surface area contributed by atoms with Crippen molar-refractivity contribution in [3.8, 4) is 5.75 Å². The lowest BCUT2D eigenvalue weighted by molar-refractivity contribution is 0.242. The third-order valence-electron chi connectivity index (χ3n) is 3.80. The van der Waals surface area contributed by atoms with E-state index in [1.165, 1.54) is 21.2 Å². The zero-order chi connectivity index (χ0) is 18.5. The maximum atomic E-state index is 5.57. The molecule has 0 aliphatic heterocycles. The third kappa shape index (κ3) is 4.85. The van der Waals surface area contributed by atoms with Gasteiger partial charge in [0, 0.05) is 39.6 Å². The molecule has 0 saturated carbocycles. The first-order valence-corrected chi connectivity index (χ1v) is 9.87. The lowest BCUT2D eigenvalue weighted by Gasteiger charge is -2.08. The van der Waals surface area contributed by atoms with Crippen LogP contribution in [-0.4, -0.2) is 21.3 Å². The predicted molar refractivity (Wildman–Crippen MR) is 113 cm³/mol. The van der Waals surface area contributed by atoms with Crippen molar-refractivity contribution < 1.29 is 4.74 Å². The predicted octanol–water partition coefficient (Wildman–Crippen LogP) is 6.62. The van der Waals surface area contributed by atoms with E-state index in [1.54, 1.807) is 0 Å². The van der Waals surface area contributed by atoms with Gasteiger partial charge in [0.05, 0.1) is 6.10 Å². The number of thioether (sulfide) groups is 1. The Kier molecular flexibility index (Phi) is 5.94. The van der Waals surface area contributed by atoms with E-state index in [2.05, 4.69) is 60.2 Å². The molecule has 0 unspecified atom stereocenters. The van der Waals surface area contributed by atoms with Crippen LogP contribution in [0.15, 0.2) is 65.8 Å². The highest BCUT2D eigenvalue weighted by Crippen LogP contribution is 2.26. The molecule has 0 bridgehead atoms. The van der Waals surface area contributed by atoms with Gasteiger partial charge in [0.2, 0.25) is 0 Å². The Balaban J connectivity index is 0.000000151. The molecule has 4 aromatic rings. The van der Waals surface area contributed by atoms with Crippen LogP contribution in [0.25, 0.3) is 21.8 Å². The first-order valence-electron chi connectivity index (χ1n) is 8.99. The number of hydrogen-bond acceptors (Lipinski definition) is 2. The SMILES string of the molecule is CC(C)Oc1ccc2cc[nH]c2c1.CC(C)Sc1ccc2cc[nH]c2c1. The number of nitrogens with one attached hydrogen (secondary N) is 2. The topological polar surface area (TPSA) is 40.8 Å². The summed E-state index contributed by atoms with van der Waals surface area (Å²) in [5, 5.41) is 3.15. The second-order valence-corrected chi connectivity index (χ2v) is 8.44. The van der Waals surface area contributed by atoms with Gasteiger partial charge in [-0.1, -0.05) is 19.9 Å². The Morgan fingerprint density at radius 3 is 2.00 bits per heavy atom. The normalized spacial score (nSPS) is 11.2. The average Bonchev–Trinajstić information content (AvgIpc) is 3.22. The standard InChI is InChI=1S/C11H13NO.C11H13NS/c2*1-8(2)13-10-4-3-9-5-6-12-11(9)7-10/h2*3-8,12H,1-2H3. The van der Waals surface area contributed by atoms with Gasteiger partial charge in [-0.3, -0.25) is 0 Å². The molecule has 0 saturated heterocycles. The monoisotopic (exact) mass is 366 g/mol. The molecule has 136 valence electrons. The Labute approximate surface area is 159 Å². The molecule has 0 aliphatic carbocycles. The molecule has 26 heavy (non-hydrogen) atoms. The number of ether oxygens (including phenoxy) is 1. The number of H-pyrrole nitrogens is 2. The lowest BCUT2D eigenvalue weighted by Crippen LogP contribution is -2.05. The van der Waals surface area contributed by atoms with Crippen molar-refractivity contribution in [2.24, 2.45) is 0 Å². The maximum Gasteiger partial charge on any atom is 0.121 e. The van der Waals surface area contributed by atoms with E-state index in [9.17, 15) is 0 Å². The number of benzene rings is 2. The van der Waals surface area contributed by atoms with Crippen molar-refractivity contribution in [2.45, 2.75) is 43.9 Å². The molecule has 2 N–H and O–H groups in total. The van der Waals surface area contributed by atoms with E-state index >= 15 is 0 Å². The molecule has 4 rings (SSSR count). The van der Waals surface area contributed by atoms with Crippen LogP contribution in [-0.2, 0) is 0 Å². The number of rotatable bonds is 4. The average molecular weight is 367 g/mol. The first-order chi connectivity index (χ1) is 12.5. The van der Waals surface area contributed by atoms with Gasteiger partial charge in [0.1, 0.15) is 5.75 Å². The largest absolute Gasteiger partial charge is 0.491 e. The molecule has 0 amide bonds. The molecular formula is C22H26N2OS. The molecule has 0 fully saturated rings. The van der Waals surface area contributed by atoms with Crippen LogP contribution in [0.5, 0.6) is 5.75 Å². The van der Waals surface area contributed by atoms with Crippen molar-refractivity contribution >= 4 is 33.6 Å². The molecule has 2 aromatic carbocycles. The van der Waals surface area contributed by atoms with Crippen molar-refractivity contribution in [1.82, 2.24) is 9.97 Å². The fraction of sp³-hybridized carbons (Fsp3) is 0.273. The number of aromatic amines is 2. The lowest BCUT2D eigenvalue weighted by atomic mass is 10.2. The molecule has 0 spiro atoms. The van der Waals surface area contributed by atoms with Gasteiger partial charge in [0.25, 0.3) is 0 Å². The Morgan fingerprint density at radius 2 is 1.38 bits per heavy atom. The van der Waals surface area contributed by atoms with Crippen LogP contribution in [0.3, 0.4) is 0 Å². The van der Waals surface area contributed by atoms with Crippen LogP contribution in [0.4, 0.5) is 0 Å². The van der Waals surface area contributed by atoms with Gasteiger partial charge in [-0.05, 0) is 61.0 Å². The van der Waals surface area contributed by atoms with Crippen molar-refractivity contribution in [3.05, 3.63) is 60.9 Å². The molecule has 0 radical (unpaired) electrons. The number of fused-ring (bicyclic) bond motifs is 2. The minimum absolute atomic E-state index is 0.229. The molecular weight excluding hydrogens is 340 g/mol. The van der Waals surface area contributed by atoms with Gasteiger partial charge < -0.3 is 14.7 Å². The Morgan fingerprint density at radius 1 is 0.769 bits per heavy atom. The van der Waals surface area contributed by atoms with Gasteiger partial charge in [-0.15, -0.1) is 11.8 Å². The summed E-state index contributed by atoms with van der Waals surface area (Å²) in [6.45, 7) is 8.48. The molecule has 0 aliphatic rings. The molecule has 2 aromatic heterocycles. The van der Waals surface area contributed by atoms with Crippen molar-refractivity contribution in [3.63, 3.8) is 0 Å². The van der Waals surface area contributed by atoms with Crippen molar-refractivity contribution in [1.29, 1.82) is 0 Å². The molecule has 2 heterocycles. The summed E-state index contributed by atoms with van der Waals surface area (Å²) in [5.74, 6) is 0.921. The fourth-order valence-electron chi connectivity index (χ4n) is 2.74. The smallest absolute Gasteiger partial charge is 0.121 e. The highest BCUT2D eigenvalue weighted by atomic mass is 32.2. The highest BCUT2D eigenvalue weighted by Gasteiger charge is 2.00. The van der Waals surface area contributed by atoms with Crippen LogP contribution in [0.2, 0.25) is 0 Å². The van der Waals surface area contributed by atoms with E-state index in [-0.39, 0.29) is 6.10 Å². The zero-order valence-electron chi connectivity index (χ0n) is 15.7. The maximum absolute atomic E-state index is 5.57. The van der Waals surface area contributed by atoms with Crippen molar-refractivity contribution in [2.75, 3.05) is 0 Å². The Hall–Kier alpha value is -2.33. The van der Waals surface area contributed by atoms with E-state index in [1.807, 2.05) is 50.1 Å². The second-order valence-electron chi connectivity index (χ2n) is 6.79. The summed E-state index contributed by atoms with van der Waals surface area (Å²) >= 11 is 1.90. The summed E-state index contributed by atoms with van der Waals surface area (Å²) < 4.78 is 5.57. The van der Waals surface area contributed by atoms with Crippen LogP contribution in [0, 0.1) is 0 Å². The molecule has 0 atom stereocenters. The van der Waals surface area contributed by atoms with E-state index in [0.29, 0.717) is 5.25 Å². The summed E-state index contributed by atoms with van der Waals surface area (Å²) in [6.07, 6.45) is 4.14. The highest BCUT2D eigenvalue weighted by molar-refractivity contribution is 7.99. The van der Waals surface area contributed by atoms with Crippen LogP contribution >= 0.6 is 11.8 Å². The fourth-order valence-corrected chi connectivity index (χ4v) is 3.62. The first kappa shape index (κ1) is 18.5.